The van der Waals surface area contributed by atoms with Crippen molar-refractivity contribution in [2.75, 3.05) is 13.1 Å². The highest BCUT2D eigenvalue weighted by atomic mass is 32.2. The average Bonchev–Trinajstić information content (AvgIpc) is 2.26. The van der Waals surface area contributed by atoms with Crippen molar-refractivity contribution >= 4 is 10.0 Å². The van der Waals surface area contributed by atoms with E-state index in [9.17, 15) is 8.42 Å². The van der Waals surface area contributed by atoms with E-state index in [1.54, 1.807) is 18.2 Å². The van der Waals surface area contributed by atoms with Crippen molar-refractivity contribution in [3.05, 3.63) is 0 Å². The minimum atomic E-state index is -3.04. The van der Waals surface area contributed by atoms with Gasteiger partial charge in [0.25, 0.3) is 0 Å². The van der Waals surface area contributed by atoms with E-state index in [1.807, 2.05) is 0 Å². The first-order valence-corrected chi connectivity index (χ1v) is 7.25. The third-order valence-electron chi connectivity index (χ3n) is 3.25. The van der Waals surface area contributed by atoms with E-state index in [1.165, 1.54) is 0 Å². The summed E-state index contributed by atoms with van der Waals surface area (Å²) in [6.07, 6.45) is 3.08. The maximum absolute atomic E-state index is 12.0. The van der Waals surface area contributed by atoms with Crippen LogP contribution in [0.5, 0.6) is 0 Å². The first-order valence-electron chi connectivity index (χ1n) is 5.75. The van der Waals surface area contributed by atoms with Crippen molar-refractivity contribution in [3.63, 3.8) is 0 Å². The lowest BCUT2D eigenvalue weighted by Crippen LogP contribution is -2.37. The summed E-state index contributed by atoms with van der Waals surface area (Å²) in [5, 5.41) is -0.293. The Morgan fingerprint density at radius 1 is 1.13 bits per heavy atom. The van der Waals surface area contributed by atoms with Gasteiger partial charge in [-0.3, -0.25) is 0 Å². The molecule has 0 unspecified atom stereocenters. The van der Waals surface area contributed by atoms with Gasteiger partial charge in [0, 0.05) is 13.1 Å². The van der Waals surface area contributed by atoms with Gasteiger partial charge in [-0.25, -0.2) is 12.7 Å². The number of rotatable bonds is 2. The van der Waals surface area contributed by atoms with Gasteiger partial charge < -0.3 is 0 Å². The molecule has 0 bridgehead atoms. The monoisotopic (exact) mass is 233 g/mol. The Kier molecular flexibility index (Phi) is 3.82. The van der Waals surface area contributed by atoms with E-state index in [0.29, 0.717) is 18.5 Å². The summed E-state index contributed by atoms with van der Waals surface area (Å²) in [6.45, 7) is 9.34. The first-order chi connectivity index (χ1) is 6.76. The predicted octanol–water partition coefficient (Wildman–Crippen LogP) is 2.24. The van der Waals surface area contributed by atoms with Crippen LogP contribution in [0.15, 0.2) is 0 Å². The SMILES string of the molecule is CC(C)S(=O)(=O)N1CCCC(C)(C)CC1. The quantitative estimate of drug-likeness (QED) is 0.733. The van der Waals surface area contributed by atoms with Gasteiger partial charge >= 0.3 is 0 Å². The molecule has 0 aromatic heterocycles. The van der Waals surface area contributed by atoms with E-state index in [2.05, 4.69) is 13.8 Å². The average molecular weight is 233 g/mol. The molecule has 0 radical (unpaired) electrons. The van der Waals surface area contributed by atoms with Crippen LogP contribution in [-0.2, 0) is 10.0 Å². The molecule has 0 saturated carbocycles. The lowest BCUT2D eigenvalue weighted by Gasteiger charge is -2.24. The minimum absolute atomic E-state index is 0.293. The molecule has 0 aromatic carbocycles. The van der Waals surface area contributed by atoms with Crippen molar-refractivity contribution in [2.45, 2.75) is 52.2 Å². The number of hydrogen-bond acceptors (Lipinski definition) is 2. The van der Waals surface area contributed by atoms with E-state index < -0.39 is 10.0 Å². The van der Waals surface area contributed by atoms with Gasteiger partial charge in [-0.15, -0.1) is 0 Å². The molecule has 0 spiro atoms. The van der Waals surface area contributed by atoms with Crippen LogP contribution in [0.2, 0.25) is 0 Å². The lowest BCUT2D eigenvalue weighted by molar-refractivity contribution is 0.314. The smallest absolute Gasteiger partial charge is 0.212 e. The topological polar surface area (TPSA) is 37.4 Å². The second kappa shape index (κ2) is 4.42. The van der Waals surface area contributed by atoms with E-state index in [4.69, 9.17) is 0 Å². The fourth-order valence-electron chi connectivity index (χ4n) is 1.95. The summed E-state index contributed by atoms with van der Waals surface area (Å²) in [5.41, 5.74) is 0.293. The summed E-state index contributed by atoms with van der Waals surface area (Å²) in [4.78, 5) is 0. The Labute approximate surface area is 93.9 Å². The van der Waals surface area contributed by atoms with Crippen LogP contribution in [0.25, 0.3) is 0 Å². The highest BCUT2D eigenvalue weighted by molar-refractivity contribution is 7.89. The van der Waals surface area contributed by atoms with Crippen LogP contribution in [-0.4, -0.2) is 31.1 Å². The molecule has 3 nitrogen and oxygen atoms in total. The second-order valence-electron chi connectivity index (χ2n) is 5.51. The maximum Gasteiger partial charge on any atom is 0.216 e. The van der Waals surface area contributed by atoms with Gasteiger partial charge in [0.05, 0.1) is 5.25 Å². The third kappa shape index (κ3) is 3.18. The van der Waals surface area contributed by atoms with E-state index in [-0.39, 0.29) is 5.25 Å². The number of hydrogen-bond donors (Lipinski definition) is 0. The summed E-state index contributed by atoms with van der Waals surface area (Å²) in [6, 6.07) is 0. The molecule has 1 aliphatic rings. The molecule has 4 heteroatoms. The van der Waals surface area contributed by atoms with Crippen LogP contribution in [0.3, 0.4) is 0 Å². The van der Waals surface area contributed by atoms with Gasteiger partial charge in [0.2, 0.25) is 10.0 Å². The Hall–Kier alpha value is -0.0900. The van der Waals surface area contributed by atoms with Crippen LogP contribution in [0, 0.1) is 5.41 Å². The van der Waals surface area contributed by atoms with Crippen molar-refractivity contribution in [2.24, 2.45) is 5.41 Å². The van der Waals surface area contributed by atoms with Crippen LogP contribution < -0.4 is 0 Å². The molecule has 0 N–H and O–H groups in total. The fourth-order valence-corrected chi connectivity index (χ4v) is 3.28. The van der Waals surface area contributed by atoms with Gasteiger partial charge in [0.1, 0.15) is 0 Å². The molecule has 1 heterocycles. The maximum atomic E-state index is 12.0. The summed E-state index contributed by atoms with van der Waals surface area (Å²) >= 11 is 0. The van der Waals surface area contributed by atoms with Crippen molar-refractivity contribution in [1.82, 2.24) is 4.31 Å². The Morgan fingerprint density at radius 3 is 2.27 bits per heavy atom. The van der Waals surface area contributed by atoms with E-state index in [0.717, 1.165) is 19.3 Å². The molecular formula is C11H23NO2S. The second-order valence-corrected chi connectivity index (χ2v) is 8.00. The molecule has 0 aromatic rings. The highest BCUT2D eigenvalue weighted by Crippen LogP contribution is 2.31. The third-order valence-corrected chi connectivity index (χ3v) is 5.53. The van der Waals surface area contributed by atoms with Crippen LogP contribution in [0.4, 0.5) is 0 Å². The Bertz CT molecular complexity index is 307. The molecule has 1 saturated heterocycles. The zero-order valence-corrected chi connectivity index (χ0v) is 11.1. The highest BCUT2D eigenvalue weighted by Gasteiger charge is 2.30. The number of sulfonamides is 1. The van der Waals surface area contributed by atoms with E-state index >= 15 is 0 Å². The largest absolute Gasteiger partial charge is 0.216 e. The normalized spacial score (nSPS) is 24.1. The molecule has 0 aliphatic carbocycles. The van der Waals surface area contributed by atoms with Gasteiger partial charge in [-0.2, -0.15) is 0 Å². The molecule has 15 heavy (non-hydrogen) atoms. The standard InChI is InChI=1S/C11H23NO2S/c1-10(2)15(13,14)12-8-5-6-11(3,4)7-9-12/h10H,5-9H2,1-4H3. The Balaban J connectivity index is 2.75. The summed E-state index contributed by atoms with van der Waals surface area (Å²) in [7, 11) is -3.04. The predicted molar refractivity (Wildman–Crippen MR) is 63.3 cm³/mol. The molecule has 0 atom stereocenters. The molecule has 0 amide bonds. The van der Waals surface area contributed by atoms with Crippen molar-refractivity contribution in [3.8, 4) is 0 Å². The minimum Gasteiger partial charge on any atom is -0.212 e. The lowest BCUT2D eigenvalue weighted by atomic mass is 9.85. The summed E-state index contributed by atoms with van der Waals surface area (Å²) in [5.74, 6) is 0. The zero-order chi connectivity index (χ0) is 11.7. The van der Waals surface area contributed by atoms with Gasteiger partial charge in [-0.05, 0) is 38.5 Å². The van der Waals surface area contributed by atoms with Crippen molar-refractivity contribution in [1.29, 1.82) is 0 Å². The molecular weight excluding hydrogens is 210 g/mol. The Morgan fingerprint density at radius 2 is 1.73 bits per heavy atom. The molecule has 1 aliphatic heterocycles. The molecule has 90 valence electrons. The van der Waals surface area contributed by atoms with Crippen molar-refractivity contribution < 1.29 is 8.42 Å². The molecule has 1 rings (SSSR count). The van der Waals surface area contributed by atoms with Gasteiger partial charge in [-0.1, -0.05) is 13.8 Å². The van der Waals surface area contributed by atoms with Crippen LogP contribution >= 0.6 is 0 Å². The molecule has 1 fully saturated rings. The summed E-state index contributed by atoms with van der Waals surface area (Å²) < 4.78 is 25.6. The fraction of sp³-hybridized carbons (Fsp3) is 1.00. The first kappa shape index (κ1) is 13.0. The number of nitrogens with zero attached hydrogens (tertiary/aromatic N) is 1. The van der Waals surface area contributed by atoms with Crippen LogP contribution in [0.1, 0.15) is 47.0 Å². The van der Waals surface area contributed by atoms with Gasteiger partial charge in [0.15, 0.2) is 0 Å². The zero-order valence-electron chi connectivity index (χ0n) is 10.3.